The number of rotatable bonds is 3. The molecule has 0 aliphatic rings. The van der Waals surface area contributed by atoms with Gasteiger partial charge in [0, 0.05) is 0 Å². The second-order valence-electron chi connectivity index (χ2n) is 7.50. The molecule has 0 N–H and O–H groups in total. The van der Waals surface area contributed by atoms with Crippen LogP contribution in [0.2, 0.25) is 0 Å². The Hall–Kier alpha value is -2.54. The van der Waals surface area contributed by atoms with Crippen LogP contribution in [0, 0.1) is 0 Å². The number of benzene rings is 3. The molecule has 3 nitrogen and oxygen atoms in total. The average Bonchev–Trinajstić information content (AvgIpc) is 2.59. The van der Waals surface area contributed by atoms with Crippen LogP contribution >= 0.6 is 0 Å². The zero-order valence-corrected chi connectivity index (χ0v) is 16.4. The molecule has 0 aliphatic carbocycles. The fourth-order valence-corrected chi connectivity index (χ4v) is 3.34. The third-order valence-electron chi connectivity index (χ3n) is 4.40. The summed E-state index contributed by atoms with van der Waals surface area (Å²) >= 11 is 0. The summed E-state index contributed by atoms with van der Waals surface area (Å²) in [4.78, 5) is 0. The summed E-state index contributed by atoms with van der Waals surface area (Å²) in [7, 11) is -5.70. The summed E-state index contributed by atoms with van der Waals surface area (Å²) in [5.41, 5.74) is -2.42. The van der Waals surface area contributed by atoms with Gasteiger partial charge < -0.3 is 4.18 Å². The van der Waals surface area contributed by atoms with Crippen LogP contribution in [0.3, 0.4) is 0 Å². The Morgan fingerprint density at radius 3 is 2.07 bits per heavy atom. The van der Waals surface area contributed by atoms with Gasteiger partial charge in [-0.05, 0) is 45.0 Å². The molecule has 0 aliphatic heterocycles. The summed E-state index contributed by atoms with van der Waals surface area (Å²) in [5.74, 6) is -0.384. The lowest BCUT2D eigenvalue weighted by Gasteiger charge is -2.19. The smallest absolute Gasteiger partial charge is 0.376 e. The van der Waals surface area contributed by atoms with Crippen LogP contribution in [0.15, 0.2) is 60.7 Å². The molecule has 28 heavy (non-hydrogen) atoms. The second-order valence-corrected chi connectivity index (χ2v) is 9.04. The molecule has 7 heteroatoms. The molecule has 0 amide bonds. The average molecular weight is 408 g/mol. The van der Waals surface area contributed by atoms with Gasteiger partial charge in [-0.3, -0.25) is 0 Å². The van der Waals surface area contributed by atoms with Gasteiger partial charge in [0.15, 0.2) is 0 Å². The standard InChI is InChI=1S/C21H19F3O3S/c1-20(2,3)16-9-7-14(8-10-16)18-6-4-5-15-13-17(11-12-19(15)18)27-28(25,26)21(22,23)24/h4-13H,1-3H3. The fraction of sp³-hybridized carbons (Fsp3) is 0.238. The van der Waals surface area contributed by atoms with E-state index >= 15 is 0 Å². The van der Waals surface area contributed by atoms with Gasteiger partial charge in [0.25, 0.3) is 0 Å². The largest absolute Gasteiger partial charge is 0.534 e. The molecule has 3 aromatic carbocycles. The number of alkyl halides is 3. The molecule has 0 atom stereocenters. The summed E-state index contributed by atoms with van der Waals surface area (Å²) in [6, 6.07) is 17.5. The Balaban J connectivity index is 2.01. The molecule has 0 aromatic heterocycles. The van der Waals surface area contributed by atoms with Crippen molar-refractivity contribution in [3.05, 3.63) is 66.2 Å². The highest BCUT2D eigenvalue weighted by atomic mass is 32.2. The normalized spacial score (nSPS) is 12.9. The lowest BCUT2D eigenvalue weighted by Crippen LogP contribution is -2.28. The van der Waals surface area contributed by atoms with E-state index in [4.69, 9.17) is 0 Å². The first kappa shape index (κ1) is 20.2. The lowest BCUT2D eigenvalue weighted by molar-refractivity contribution is -0.0500. The van der Waals surface area contributed by atoms with Gasteiger partial charge in [0.2, 0.25) is 0 Å². The monoisotopic (exact) mass is 408 g/mol. The topological polar surface area (TPSA) is 43.4 Å². The SMILES string of the molecule is CC(C)(C)c1ccc(-c2cccc3cc(OS(=O)(=O)C(F)(F)F)ccc23)cc1. The third kappa shape index (κ3) is 3.99. The van der Waals surface area contributed by atoms with E-state index in [1.165, 1.54) is 17.7 Å². The molecule has 0 saturated heterocycles. The molecular weight excluding hydrogens is 389 g/mol. The van der Waals surface area contributed by atoms with Crippen molar-refractivity contribution in [1.29, 1.82) is 0 Å². The Morgan fingerprint density at radius 2 is 1.50 bits per heavy atom. The summed E-state index contributed by atoms with van der Waals surface area (Å²) in [6.07, 6.45) is 0. The molecule has 0 bridgehead atoms. The molecule has 148 valence electrons. The van der Waals surface area contributed by atoms with Gasteiger partial charge in [-0.15, -0.1) is 0 Å². The molecule has 0 saturated carbocycles. The van der Waals surface area contributed by atoms with E-state index in [1.54, 1.807) is 18.2 Å². The number of halogens is 3. The van der Waals surface area contributed by atoms with Crippen LogP contribution in [-0.4, -0.2) is 13.9 Å². The third-order valence-corrected chi connectivity index (χ3v) is 5.38. The minimum Gasteiger partial charge on any atom is -0.376 e. The van der Waals surface area contributed by atoms with Crippen molar-refractivity contribution >= 4 is 20.9 Å². The molecule has 0 heterocycles. The number of hydrogen-bond acceptors (Lipinski definition) is 3. The van der Waals surface area contributed by atoms with Gasteiger partial charge in [0.1, 0.15) is 5.75 Å². The summed E-state index contributed by atoms with van der Waals surface area (Å²) < 4.78 is 64.2. The van der Waals surface area contributed by atoms with Crippen molar-refractivity contribution in [3.63, 3.8) is 0 Å². The van der Waals surface area contributed by atoms with Gasteiger partial charge in [-0.2, -0.15) is 21.6 Å². The van der Waals surface area contributed by atoms with Crippen LogP contribution in [0.5, 0.6) is 5.75 Å². The summed E-state index contributed by atoms with van der Waals surface area (Å²) in [5, 5.41) is 1.36. The van der Waals surface area contributed by atoms with Crippen molar-refractivity contribution in [2.75, 3.05) is 0 Å². The minimum absolute atomic E-state index is 0.0213. The first-order valence-corrected chi connectivity index (χ1v) is 9.94. The fourth-order valence-electron chi connectivity index (χ4n) is 2.89. The van der Waals surface area contributed by atoms with E-state index in [-0.39, 0.29) is 11.2 Å². The van der Waals surface area contributed by atoms with E-state index in [9.17, 15) is 21.6 Å². The first-order chi connectivity index (χ1) is 12.9. The van der Waals surface area contributed by atoms with Crippen molar-refractivity contribution in [2.24, 2.45) is 0 Å². The molecule has 3 aromatic rings. The Bertz CT molecular complexity index is 1110. The Labute approximate surface area is 161 Å². The highest BCUT2D eigenvalue weighted by Crippen LogP contribution is 2.34. The van der Waals surface area contributed by atoms with Gasteiger partial charge >= 0.3 is 15.6 Å². The lowest BCUT2D eigenvalue weighted by atomic mass is 9.86. The molecule has 0 spiro atoms. The van der Waals surface area contributed by atoms with Crippen LogP contribution in [0.4, 0.5) is 13.2 Å². The van der Waals surface area contributed by atoms with E-state index in [2.05, 4.69) is 25.0 Å². The Kier molecular flexibility index (Phi) is 4.91. The van der Waals surface area contributed by atoms with Crippen LogP contribution < -0.4 is 4.18 Å². The zero-order chi connectivity index (χ0) is 20.7. The molecule has 3 rings (SSSR count). The second kappa shape index (κ2) is 6.81. The Morgan fingerprint density at radius 1 is 0.857 bits per heavy atom. The number of hydrogen-bond donors (Lipinski definition) is 0. The highest BCUT2D eigenvalue weighted by Gasteiger charge is 2.48. The van der Waals surface area contributed by atoms with Crippen molar-refractivity contribution in [1.82, 2.24) is 0 Å². The van der Waals surface area contributed by atoms with E-state index in [0.29, 0.717) is 5.39 Å². The van der Waals surface area contributed by atoms with E-state index in [0.717, 1.165) is 16.5 Å². The highest BCUT2D eigenvalue weighted by molar-refractivity contribution is 7.88. The molecular formula is C21H19F3O3S. The van der Waals surface area contributed by atoms with Gasteiger partial charge in [-0.25, -0.2) is 0 Å². The van der Waals surface area contributed by atoms with Gasteiger partial charge in [0.05, 0.1) is 0 Å². The minimum atomic E-state index is -5.70. The number of fused-ring (bicyclic) bond motifs is 1. The molecule has 0 unspecified atom stereocenters. The van der Waals surface area contributed by atoms with Crippen molar-refractivity contribution in [2.45, 2.75) is 31.7 Å². The van der Waals surface area contributed by atoms with Crippen LogP contribution in [0.25, 0.3) is 21.9 Å². The molecule has 0 fully saturated rings. The molecule has 0 radical (unpaired) electrons. The predicted molar refractivity (Wildman–Crippen MR) is 104 cm³/mol. The van der Waals surface area contributed by atoms with E-state index < -0.39 is 15.6 Å². The maximum atomic E-state index is 12.5. The van der Waals surface area contributed by atoms with Crippen molar-refractivity contribution in [3.8, 4) is 16.9 Å². The maximum absolute atomic E-state index is 12.5. The zero-order valence-electron chi connectivity index (χ0n) is 15.5. The maximum Gasteiger partial charge on any atom is 0.534 e. The van der Waals surface area contributed by atoms with Crippen LogP contribution in [-0.2, 0) is 15.5 Å². The van der Waals surface area contributed by atoms with Crippen molar-refractivity contribution < 1.29 is 25.8 Å². The van der Waals surface area contributed by atoms with E-state index in [1.807, 2.05) is 30.3 Å². The predicted octanol–water partition coefficient (Wildman–Crippen LogP) is 6.03. The van der Waals surface area contributed by atoms with Gasteiger partial charge in [-0.1, -0.05) is 69.3 Å². The summed E-state index contributed by atoms with van der Waals surface area (Å²) in [6.45, 7) is 6.36. The first-order valence-electron chi connectivity index (χ1n) is 8.53. The quantitative estimate of drug-likeness (QED) is 0.392. The van der Waals surface area contributed by atoms with Crippen LogP contribution in [0.1, 0.15) is 26.3 Å².